The van der Waals surface area contributed by atoms with Gasteiger partial charge in [-0.15, -0.1) is 0 Å². The van der Waals surface area contributed by atoms with Crippen molar-refractivity contribution in [2.24, 2.45) is 0 Å². The number of hydrogen-bond donors (Lipinski definition) is 1. The largest absolute Gasteiger partial charge is 0.320 e. The lowest BCUT2D eigenvalue weighted by atomic mass is 10.1. The fourth-order valence-electron chi connectivity index (χ4n) is 1.43. The Hall–Kier alpha value is -0.660. The summed E-state index contributed by atoms with van der Waals surface area (Å²) in [5.41, 5.74) is 0. The SMILES string of the molecule is C=C/C(F)=C(/F)C(=C)Br.CCC(F)(F)CN(C)C(C)CCNC. The van der Waals surface area contributed by atoms with Crippen molar-refractivity contribution in [3.05, 3.63) is 35.4 Å². The van der Waals surface area contributed by atoms with Gasteiger partial charge in [0.1, 0.15) is 0 Å². The van der Waals surface area contributed by atoms with E-state index in [1.807, 2.05) is 14.0 Å². The van der Waals surface area contributed by atoms with Crippen LogP contribution in [0.25, 0.3) is 0 Å². The highest BCUT2D eigenvalue weighted by atomic mass is 79.9. The lowest BCUT2D eigenvalue weighted by molar-refractivity contribution is -0.0373. The molecule has 0 saturated carbocycles. The van der Waals surface area contributed by atoms with Crippen molar-refractivity contribution in [3.63, 3.8) is 0 Å². The van der Waals surface area contributed by atoms with E-state index in [0.717, 1.165) is 19.0 Å². The lowest BCUT2D eigenvalue weighted by Gasteiger charge is -2.28. The summed E-state index contributed by atoms with van der Waals surface area (Å²) in [6.07, 6.45) is 1.59. The lowest BCUT2D eigenvalue weighted by Crippen LogP contribution is -2.40. The predicted octanol–water partition coefficient (Wildman–Crippen LogP) is 5.19. The average molecular weight is 403 g/mol. The molecule has 0 aliphatic carbocycles. The summed E-state index contributed by atoms with van der Waals surface area (Å²) in [5, 5.41) is 3.02. The first-order chi connectivity index (χ1) is 10.5. The minimum Gasteiger partial charge on any atom is -0.320 e. The van der Waals surface area contributed by atoms with Crippen LogP contribution in [0.4, 0.5) is 17.6 Å². The van der Waals surface area contributed by atoms with Gasteiger partial charge in [-0.2, -0.15) is 0 Å². The summed E-state index contributed by atoms with van der Waals surface area (Å²) in [5.74, 6) is -4.57. The summed E-state index contributed by atoms with van der Waals surface area (Å²) >= 11 is 2.67. The molecule has 0 fully saturated rings. The van der Waals surface area contributed by atoms with E-state index in [0.29, 0.717) is 0 Å². The van der Waals surface area contributed by atoms with Crippen molar-refractivity contribution in [1.82, 2.24) is 10.2 Å². The van der Waals surface area contributed by atoms with Gasteiger partial charge in [0.2, 0.25) is 0 Å². The van der Waals surface area contributed by atoms with Gasteiger partial charge >= 0.3 is 0 Å². The molecule has 1 unspecified atom stereocenters. The maximum atomic E-state index is 13.0. The van der Waals surface area contributed by atoms with Crippen LogP contribution in [-0.4, -0.2) is 44.0 Å². The molecular weight excluding hydrogens is 376 g/mol. The molecule has 7 heteroatoms. The quantitative estimate of drug-likeness (QED) is 0.421. The Labute approximate surface area is 145 Å². The van der Waals surface area contributed by atoms with E-state index in [-0.39, 0.29) is 23.5 Å². The number of alkyl halides is 2. The zero-order valence-electron chi connectivity index (χ0n) is 14.2. The number of rotatable bonds is 9. The Balaban J connectivity index is 0. The van der Waals surface area contributed by atoms with Gasteiger partial charge in [-0.3, -0.25) is 4.90 Å². The molecule has 0 aromatic heterocycles. The zero-order chi connectivity index (χ0) is 18.6. The molecule has 0 amide bonds. The standard InChI is InChI=1S/C10H22F2N2.C6H5BrF2/c1-5-10(11,12)8-14(4)9(2)6-7-13-3;1-3-5(8)6(9)4(2)7/h9,13H,5-8H2,1-4H3;3H,1-2H2/b;6-5-. The van der Waals surface area contributed by atoms with E-state index in [9.17, 15) is 17.6 Å². The second-order valence-electron chi connectivity index (χ2n) is 5.14. The normalized spacial score (nSPS) is 13.8. The summed E-state index contributed by atoms with van der Waals surface area (Å²) in [4.78, 5) is 1.72. The van der Waals surface area contributed by atoms with Crippen molar-refractivity contribution in [3.8, 4) is 0 Å². The fraction of sp³-hybridized carbons (Fsp3) is 0.625. The number of nitrogens with one attached hydrogen (secondary N) is 1. The summed E-state index contributed by atoms with van der Waals surface area (Å²) in [6, 6.07) is 0.194. The molecule has 0 heterocycles. The number of halogens is 5. The third-order valence-corrected chi connectivity index (χ3v) is 3.54. The predicted molar refractivity (Wildman–Crippen MR) is 93.4 cm³/mol. The van der Waals surface area contributed by atoms with E-state index < -0.39 is 17.6 Å². The maximum Gasteiger partial charge on any atom is 0.260 e. The van der Waals surface area contributed by atoms with E-state index >= 15 is 0 Å². The Morgan fingerprint density at radius 1 is 1.39 bits per heavy atom. The van der Waals surface area contributed by atoms with E-state index in [4.69, 9.17) is 0 Å². The Morgan fingerprint density at radius 2 is 1.91 bits per heavy atom. The Morgan fingerprint density at radius 3 is 2.22 bits per heavy atom. The molecule has 0 saturated heterocycles. The highest BCUT2D eigenvalue weighted by Crippen LogP contribution is 2.21. The van der Waals surface area contributed by atoms with Crippen LogP contribution in [0.15, 0.2) is 35.4 Å². The van der Waals surface area contributed by atoms with Crippen LogP contribution >= 0.6 is 15.9 Å². The average Bonchev–Trinajstić information content (AvgIpc) is 2.50. The minimum atomic E-state index is -2.55. The van der Waals surface area contributed by atoms with Crippen LogP contribution < -0.4 is 5.32 Å². The van der Waals surface area contributed by atoms with Crippen molar-refractivity contribution < 1.29 is 17.6 Å². The smallest absolute Gasteiger partial charge is 0.260 e. The van der Waals surface area contributed by atoms with Crippen molar-refractivity contribution >= 4 is 15.9 Å². The molecule has 23 heavy (non-hydrogen) atoms. The van der Waals surface area contributed by atoms with Crippen LogP contribution in [0.3, 0.4) is 0 Å². The molecular formula is C16H27BrF4N2. The van der Waals surface area contributed by atoms with Crippen LogP contribution in [0.2, 0.25) is 0 Å². The third-order valence-electron chi connectivity index (χ3n) is 3.19. The van der Waals surface area contributed by atoms with E-state index in [2.05, 4.69) is 34.4 Å². The highest BCUT2D eigenvalue weighted by molar-refractivity contribution is 9.11. The number of allylic oxidation sites excluding steroid dienone is 4. The minimum absolute atomic E-state index is 0.0872. The molecule has 0 rings (SSSR count). The summed E-state index contributed by atoms with van der Waals surface area (Å²) < 4.78 is 50.2. The second kappa shape index (κ2) is 12.7. The van der Waals surface area contributed by atoms with Gasteiger partial charge in [0.05, 0.1) is 6.54 Å². The molecule has 0 radical (unpaired) electrons. The molecule has 2 nitrogen and oxygen atoms in total. The van der Waals surface area contributed by atoms with Crippen LogP contribution in [-0.2, 0) is 0 Å². The first-order valence-electron chi connectivity index (χ1n) is 7.27. The van der Waals surface area contributed by atoms with Crippen LogP contribution in [0.1, 0.15) is 26.7 Å². The molecule has 1 atom stereocenters. The third kappa shape index (κ3) is 12.4. The molecule has 136 valence electrons. The molecule has 0 aliphatic heterocycles. The molecule has 0 aromatic rings. The zero-order valence-corrected chi connectivity index (χ0v) is 15.8. The van der Waals surface area contributed by atoms with Crippen molar-refractivity contribution in [2.45, 2.75) is 38.7 Å². The Bertz CT molecular complexity index is 398. The summed E-state index contributed by atoms with van der Waals surface area (Å²) in [6.45, 7) is 10.4. The number of nitrogens with zero attached hydrogens (tertiary/aromatic N) is 1. The Kier molecular flexibility index (Phi) is 13.6. The van der Waals surface area contributed by atoms with Crippen LogP contribution in [0, 0.1) is 0 Å². The maximum absolute atomic E-state index is 13.0. The number of hydrogen-bond acceptors (Lipinski definition) is 2. The van der Waals surface area contributed by atoms with E-state index in [1.165, 1.54) is 6.92 Å². The summed E-state index contributed by atoms with van der Waals surface area (Å²) in [7, 11) is 3.62. The van der Waals surface area contributed by atoms with Gasteiger partial charge in [-0.05, 0) is 56.0 Å². The second-order valence-corrected chi connectivity index (χ2v) is 6.09. The molecule has 0 aromatic carbocycles. The van der Waals surface area contributed by atoms with Gasteiger partial charge < -0.3 is 5.32 Å². The van der Waals surface area contributed by atoms with Gasteiger partial charge in [-0.1, -0.05) is 20.1 Å². The van der Waals surface area contributed by atoms with Gasteiger partial charge in [-0.25, -0.2) is 17.6 Å². The van der Waals surface area contributed by atoms with Crippen molar-refractivity contribution in [1.29, 1.82) is 0 Å². The topological polar surface area (TPSA) is 15.3 Å². The van der Waals surface area contributed by atoms with Crippen LogP contribution in [0.5, 0.6) is 0 Å². The van der Waals surface area contributed by atoms with E-state index in [1.54, 1.807) is 11.9 Å². The van der Waals surface area contributed by atoms with Crippen molar-refractivity contribution in [2.75, 3.05) is 27.2 Å². The highest BCUT2D eigenvalue weighted by Gasteiger charge is 2.29. The first-order valence-corrected chi connectivity index (χ1v) is 8.06. The van der Waals surface area contributed by atoms with Gasteiger partial charge in [0, 0.05) is 16.9 Å². The molecule has 1 N–H and O–H groups in total. The molecule has 0 aliphatic rings. The monoisotopic (exact) mass is 402 g/mol. The fourth-order valence-corrected chi connectivity index (χ4v) is 1.61. The van der Waals surface area contributed by atoms with Gasteiger partial charge in [0.15, 0.2) is 11.7 Å². The molecule has 0 bridgehead atoms. The first kappa shape index (κ1) is 24.6. The molecule has 0 spiro atoms. The van der Waals surface area contributed by atoms with Gasteiger partial charge in [0.25, 0.3) is 5.92 Å².